The first-order valence-electron chi connectivity index (χ1n) is 5.41. The lowest BCUT2D eigenvalue weighted by molar-refractivity contribution is 0.0879. The first kappa shape index (κ1) is 13.9. The first-order valence-corrected chi connectivity index (χ1v) is 5.41. The number of hydrogen-bond donors (Lipinski definition) is 2. The highest BCUT2D eigenvalue weighted by Gasteiger charge is 2.26. The van der Waals surface area contributed by atoms with E-state index < -0.39 is 0 Å². The van der Waals surface area contributed by atoms with Crippen LogP contribution in [0.4, 0.5) is 0 Å². The molecule has 1 heterocycles. The summed E-state index contributed by atoms with van der Waals surface area (Å²) < 4.78 is 0. The maximum atomic E-state index is 11.4. The lowest BCUT2D eigenvalue weighted by atomic mass is 10.0. The number of benzene rings is 1. The zero-order chi connectivity index (χ0) is 11.5. The highest BCUT2D eigenvalue weighted by Crippen LogP contribution is 2.18. The average Bonchev–Trinajstić information content (AvgIpc) is 2.55. The van der Waals surface area contributed by atoms with Gasteiger partial charge in [0, 0.05) is 0 Å². The molecule has 92 valence electrons. The molecule has 1 aromatic rings. The maximum Gasteiger partial charge on any atom is 0.258 e. The summed E-state index contributed by atoms with van der Waals surface area (Å²) in [5.74, 6) is -0.589. The van der Waals surface area contributed by atoms with Gasteiger partial charge in [0.05, 0.1) is 11.1 Å². The molecule has 1 aliphatic heterocycles. The average molecular weight is 299 g/mol. The Kier molecular flexibility index (Phi) is 4.84. The standard InChI is InChI=1S/C12H14N2O2.BrH/c13-6-2-1-3-8-4-5-9-10(7-8)12(16)14-11(9)15;/h4-5,7H,1-3,6,13H2,(H,14,15,16);1H. The van der Waals surface area contributed by atoms with Crippen LogP contribution >= 0.6 is 17.0 Å². The van der Waals surface area contributed by atoms with Gasteiger partial charge >= 0.3 is 0 Å². The first-order chi connectivity index (χ1) is 7.72. The molecule has 2 amide bonds. The Hall–Kier alpha value is -1.20. The summed E-state index contributed by atoms with van der Waals surface area (Å²) >= 11 is 0. The van der Waals surface area contributed by atoms with Crippen LogP contribution in [0.5, 0.6) is 0 Å². The molecule has 0 saturated carbocycles. The van der Waals surface area contributed by atoms with Gasteiger partial charge in [-0.2, -0.15) is 0 Å². The smallest absolute Gasteiger partial charge is 0.258 e. The van der Waals surface area contributed by atoms with Crippen LogP contribution in [0.1, 0.15) is 39.1 Å². The number of halogens is 1. The second kappa shape index (κ2) is 5.93. The van der Waals surface area contributed by atoms with E-state index in [9.17, 15) is 9.59 Å². The summed E-state index contributed by atoms with van der Waals surface area (Å²) in [6.07, 6.45) is 2.87. The molecule has 0 aromatic heterocycles. The molecule has 0 bridgehead atoms. The molecular formula is C12H15BrN2O2. The van der Waals surface area contributed by atoms with Crippen LogP contribution in [0.25, 0.3) is 0 Å². The number of carbonyl (C=O) groups is 2. The van der Waals surface area contributed by atoms with E-state index in [1.165, 1.54) is 0 Å². The minimum atomic E-state index is -0.298. The molecule has 0 radical (unpaired) electrons. The fourth-order valence-corrected chi connectivity index (χ4v) is 1.84. The number of amides is 2. The molecule has 5 heteroatoms. The zero-order valence-corrected chi connectivity index (χ0v) is 11.1. The lowest BCUT2D eigenvalue weighted by Gasteiger charge is -2.02. The van der Waals surface area contributed by atoms with Crippen molar-refractivity contribution in [2.45, 2.75) is 19.3 Å². The normalized spacial score (nSPS) is 13.0. The van der Waals surface area contributed by atoms with Gasteiger partial charge in [0.1, 0.15) is 0 Å². The minimum absolute atomic E-state index is 0. The summed E-state index contributed by atoms with van der Waals surface area (Å²) in [7, 11) is 0. The number of rotatable bonds is 4. The Morgan fingerprint density at radius 2 is 1.76 bits per heavy atom. The number of hydrogen-bond acceptors (Lipinski definition) is 3. The molecule has 2 rings (SSSR count). The third kappa shape index (κ3) is 2.92. The monoisotopic (exact) mass is 298 g/mol. The van der Waals surface area contributed by atoms with Crippen LogP contribution in [0.15, 0.2) is 18.2 Å². The van der Waals surface area contributed by atoms with Crippen LogP contribution in [0.2, 0.25) is 0 Å². The predicted molar refractivity (Wildman–Crippen MR) is 70.6 cm³/mol. The van der Waals surface area contributed by atoms with E-state index in [0.717, 1.165) is 24.8 Å². The Bertz CT molecular complexity index is 446. The summed E-state index contributed by atoms with van der Waals surface area (Å²) in [4.78, 5) is 22.7. The molecule has 0 atom stereocenters. The van der Waals surface area contributed by atoms with E-state index in [0.29, 0.717) is 17.7 Å². The molecule has 0 saturated heterocycles. The van der Waals surface area contributed by atoms with Crippen molar-refractivity contribution < 1.29 is 9.59 Å². The molecule has 0 spiro atoms. The van der Waals surface area contributed by atoms with Gasteiger partial charge in [0.15, 0.2) is 0 Å². The molecule has 17 heavy (non-hydrogen) atoms. The van der Waals surface area contributed by atoms with E-state index in [1.54, 1.807) is 12.1 Å². The second-order valence-corrected chi connectivity index (χ2v) is 3.91. The van der Waals surface area contributed by atoms with Gasteiger partial charge in [0.25, 0.3) is 11.8 Å². The van der Waals surface area contributed by atoms with Crippen molar-refractivity contribution in [3.05, 3.63) is 34.9 Å². The third-order valence-corrected chi connectivity index (χ3v) is 2.72. The van der Waals surface area contributed by atoms with E-state index in [1.807, 2.05) is 6.07 Å². The number of nitrogens with two attached hydrogens (primary N) is 1. The molecule has 3 N–H and O–H groups in total. The lowest BCUT2D eigenvalue weighted by Crippen LogP contribution is -2.19. The van der Waals surface area contributed by atoms with Crippen LogP contribution in [0, 0.1) is 0 Å². The Labute approximate surface area is 110 Å². The van der Waals surface area contributed by atoms with Crippen molar-refractivity contribution in [1.82, 2.24) is 5.32 Å². The van der Waals surface area contributed by atoms with Crippen molar-refractivity contribution in [2.75, 3.05) is 6.54 Å². The Morgan fingerprint density at radius 1 is 1.06 bits per heavy atom. The molecular weight excluding hydrogens is 284 g/mol. The molecule has 0 fully saturated rings. The number of nitrogens with one attached hydrogen (secondary N) is 1. The summed E-state index contributed by atoms with van der Waals surface area (Å²) in [6.45, 7) is 0.684. The van der Waals surface area contributed by atoms with Crippen molar-refractivity contribution >= 4 is 28.8 Å². The summed E-state index contributed by atoms with van der Waals surface area (Å²) in [5.41, 5.74) is 7.47. The van der Waals surface area contributed by atoms with E-state index >= 15 is 0 Å². The molecule has 1 aromatic carbocycles. The molecule has 4 nitrogen and oxygen atoms in total. The van der Waals surface area contributed by atoms with E-state index in [4.69, 9.17) is 5.73 Å². The van der Waals surface area contributed by atoms with Gasteiger partial charge in [0.2, 0.25) is 0 Å². The summed E-state index contributed by atoms with van der Waals surface area (Å²) in [6, 6.07) is 5.41. The fraction of sp³-hybridized carbons (Fsp3) is 0.333. The van der Waals surface area contributed by atoms with Crippen LogP contribution in [-0.4, -0.2) is 18.4 Å². The molecule has 0 aliphatic carbocycles. The molecule has 0 unspecified atom stereocenters. The van der Waals surface area contributed by atoms with Crippen LogP contribution < -0.4 is 11.1 Å². The van der Waals surface area contributed by atoms with Gasteiger partial charge in [-0.1, -0.05) is 6.07 Å². The van der Waals surface area contributed by atoms with Crippen molar-refractivity contribution in [3.63, 3.8) is 0 Å². The zero-order valence-electron chi connectivity index (χ0n) is 9.36. The summed E-state index contributed by atoms with van der Waals surface area (Å²) in [5, 5.41) is 2.28. The van der Waals surface area contributed by atoms with Crippen molar-refractivity contribution in [1.29, 1.82) is 0 Å². The number of fused-ring (bicyclic) bond motifs is 1. The highest BCUT2D eigenvalue weighted by atomic mass is 79.9. The van der Waals surface area contributed by atoms with Gasteiger partial charge in [-0.05, 0) is 43.5 Å². The second-order valence-electron chi connectivity index (χ2n) is 3.91. The Balaban J connectivity index is 0.00000144. The maximum absolute atomic E-state index is 11.4. The van der Waals surface area contributed by atoms with Crippen molar-refractivity contribution in [2.24, 2.45) is 5.73 Å². The SMILES string of the molecule is Br.NCCCCc1ccc2c(c1)C(=O)NC2=O. The number of carbonyl (C=O) groups excluding carboxylic acids is 2. The van der Waals surface area contributed by atoms with Gasteiger partial charge < -0.3 is 5.73 Å². The Morgan fingerprint density at radius 3 is 2.47 bits per heavy atom. The fourth-order valence-electron chi connectivity index (χ4n) is 1.84. The van der Waals surface area contributed by atoms with Gasteiger partial charge in [-0.15, -0.1) is 17.0 Å². The number of aryl methyl sites for hydroxylation is 1. The van der Waals surface area contributed by atoms with Gasteiger partial charge in [-0.25, -0.2) is 0 Å². The topological polar surface area (TPSA) is 72.2 Å². The number of imide groups is 1. The predicted octanol–water partition coefficient (Wildman–Crippen LogP) is 1.43. The van der Waals surface area contributed by atoms with Crippen molar-refractivity contribution in [3.8, 4) is 0 Å². The number of unbranched alkanes of at least 4 members (excludes halogenated alkanes) is 1. The third-order valence-electron chi connectivity index (χ3n) is 2.72. The van der Waals surface area contributed by atoms with E-state index in [-0.39, 0.29) is 28.8 Å². The van der Waals surface area contributed by atoms with Crippen LogP contribution in [-0.2, 0) is 6.42 Å². The minimum Gasteiger partial charge on any atom is -0.330 e. The highest BCUT2D eigenvalue weighted by molar-refractivity contribution is 8.93. The van der Waals surface area contributed by atoms with E-state index in [2.05, 4.69) is 5.32 Å². The molecule has 1 aliphatic rings. The largest absolute Gasteiger partial charge is 0.330 e. The van der Waals surface area contributed by atoms with Crippen LogP contribution in [0.3, 0.4) is 0 Å². The van der Waals surface area contributed by atoms with Gasteiger partial charge in [-0.3, -0.25) is 14.9 Å². The quantitative estimate of drug-likeness (QED) is 0.652.